The first kappa shape index (κ1) is 17.4. The van der Waals surface area contributed by atoms with Gasteiger partial charge in [-0.1, -0.05) is 85.3 Å². The van der Waals surface area contributed by atoms with E-state index < -0.39 is 0 Å². The van der Waals surface area contributed by atoms with Crippen LogP contribution in [0.15, 0.2) is 85.0 Å². The monoisotopic (exact) mass is 352 g/mol. The minimum atomic E-state index is 0.286. The Labute approximate surface area is 161 Å². The Balaban J connectivity index is 1.87. The fourth-order valence-corrected chi connectivity index (χ4v) is 3.59. The van der Waals surface area contributed by atoms with Crippen LogP contribution in [-0.2, 0) is 0 Å². The molecule has 1 heterocycles. The number of hydrogen-bond donors (Lipinski definition) is 0. The smallest absolute Gasteiger partial charge is 0.160 e. The third kappa shape index (κ3) is 3.90. The second-order valence-electron chi connectivity index (χ2n) is 7.29. The molecule has 0 amide bonds. The first-order chi connectivity index (χ1) is 13.2. The lowest BCUT2D eigenvalue weighted by atomic mass is 9.88. The van der Waals surface area contributed by atoms with Gasteiger partial charge in [-0.05, 0) is 31.4 Å². The molecule has 1 aromatic heterocycles. The van der Waals surface area contributed by atoms with Gasteiger partial charge in [0, 0.05) is 17.0 Å². The molecule has 3 aromatic rings. The summed E-state index contributed by atoms with van der Waals surface area (Å²) in [5.41, 5.74) is 5.48. The number of hydrogen-bond acceptors (Lipinski definition) is 2. The number of rotatable bonds is 3. The number of aromatic nitrogens is 2. The summed E-state index contributed by atoms with van der Waals surface area (Å²) in [5.74, 6) is 1.59. The molecular weight excluding hydrogens is 328 g/mol. The van der Waals surface area contributed by atoms with E-state index in [2.05, 4.69) is 92.7 Å². The summed E-state index contributed by atoms with van der Waals surface area (Å²) in [7, 11) is 0. The van der Waals surface area contributed by atoms with E-state index in [9.17, 15) is 0 Å². The minimum absolute atomic E-state index is 0.286. The summed E-state index contributed by atoms with van der Waals surface area (Å²) in [6.07, 6.45) is 9.84. The highest BCUT2D eigenvalue weighted by Crippen LogP contribution is 2.33. The third-order valence-corrected chi connectivity index (χ3v) is 5.12. The molecule has 2 heteroatoms. The Morgan fingerprint density at radius 2 is 1.67 bits per heavy atom. The van der Waals surface area contributed by atoms with Crippen molar-refractivity contribution in [2.24, 2.45) is 5.92 Å². The SMILES string of the molecule is Cc1cccc(-c2nc(-c3ccccc3)cc(C3C=CC=CC[C@H]3C)n2)c1. The second-order valence-corrected chi connectivity index (χ2v) is 7.29. The van der Waals surface area contributed by atoms with Gasteiger partial charge in [0.25, 0.3) is 0 Å². The van der Waals surface area contributed by atoms with Crippen LogP contribution in [0.1, 0.15) is 30.5 Å². The van der Waals surface area contributed by atoms with Crippen molar-refractivity contribution < 1.29 is 0 Å². The normalized spacial score (nSPS) is 19.0. The Kier molecular flexibility index (Phi) is 4.97. The molecule has 1 aliphatic carbocycles. The van der Waals surface area contributed by atoms with Crippen LogP contribution in [-0.4, -0.2) is 9.97 Å². The standard InChI is InChI=1S/C25H24N2/c1-18-10-9-14-21(16-18)25-26-23(20-12-6-4-7-13-20)17-24(27-25)22-15-8-3-5-11-19(22)2/h3-10,12-17,19,22H,11H2,1-2H3/t19-,22?/m1/s1. The van der Waals surface area contributed by atoms with Crippen molar-refractivity contribution in [3.8, 4) is 22.6 Å². The molecule has 134 valence electrons. The van der Waals surface area contributed by atoms with Crippen molar-refractivity contribution in [1.82, 2.24) is 9.97 Å². The van der Waals surface area contributed by atoms with Crippen LogP contribution in [0.25, 0.3) is 22.6 Å². The number of allylic oxidation sites excluding steroid dienone is 4. The van der Waals surface area contributed by atoms with Crippen molar-refractivity contribution in [3.63, 3.8) is 0 Å². The molecule has 0 saturated heterocycles. The van der Waals surface area contributed by atoms with Gasteiger partial charge in [0.2, 0.25) is 0 Å². The summed E-state index contributed by atoms with van der Waals surface area (Å²) < 4.78 is 0. The zero-order valence-electron chi connectivity index (χ0n) is 15.8. The molecule has 0 saturated carbocycles. The highest BCUT2D eigenvalue weighted by molar-refractivity contribution is 5.65. The van der Waals surface area contributed by atoms with Gasteiger partial charge in [-0.2, -0.15) is 0 Å². The molecule has 2 atom stereocenters. The summed E-state index contributed by atoms with van der Waals surface area (Å²) in [4.78, 5) is 9.90. The maximum atomic E-state index is 5.00. The summed E-state index contributed by atoms with van der Waals surface area (Å²) in [6.45, 7) is 4.40. The van der Waals surface area contributed by atoms with Gasteiger partial charge in [0.15, 0.2) is 5.82 Å². The van der Waals surface area contributed by atoms with Gasteiger partial charge in [0.1, 0.15) is 0 Å². The summed E-state index contributed by atoms with van der Waals surface area (Å²) in [6, 6.07) is 21.0. The largest absolute Gasteiger partial charge is 0.232 e. The zero-order valence-corrected chi connectivity index (χ0v) is 15.8. The van der Waals surface area contributed by atoms with E-state index >= 15 is 0 Å². The van der Waals surface area contributed by atoms with Crippen LogP contribution in [0, 0.1) is 12.8 Å². The lowest BCUT2D eigenvalue weighted by molar-refractivity contribution is 0.524. The topological polar surface area (TPSA) is 25.8 Å². The van der Waals surface area contributed by atoms with Crippen LogP contribution in [0.3, 0.4) is 0 Å². The predicted molar refractivity (Wildman–Crippen MR) is 112 cm³/mol. The zero-order chi connectivity index (χ0) is 18.6. The minimum Gasteiger partial charge on any atom is -0.232 e. The van der Waals surface area contributed by atoms with Gasteiger partial charge in [-0.15, -0.1) is 0 Å². The van der Waals surface area contributed by atoms with E-state index in [4.69, 9.17) is 9.97 Å². The van der Waals surface area contributed by atoms with E-state index in [1.807, 2.05) is 6.07 Å². The molecule has 2 aromatic carbocycles. The molecular formula is C25H24N2. The maximum absolute atomic E-state index is 5.00. The molecule has 0 N–H and O–H groups in total. The van der Waals surface area contributed by atoms with Gasteiger partial charge in [0.05, 0.1) is 11.4 Å². The van der Waals surface area contributed by atoms with Crippen LogP contribution < -0.4 is 0 Å². The lowest BCUT2D eigenvalue weighted by Crippen LogP contribution is -2.10. The van der Waals surface area contributed by atoms with Gasteiger partial charge >= 0.3 is 0 Å². The Bertz CT molecular complexity index is 986. The molecule has 27 heavy (non-hydrogen) atoms. The first-order valence-corrected chi connectivity index (χ1v) is 9.55. The van der Waals surface area contributed by atoms with E-state index in [-0.39, 0.29) is 5.92 Å². The predicted octanol–water partition coefficient (Wildman–Crippen LogP) is 6.35. The highest BCUT2D eigenvalue weighted by atomic mass is 14.9. The van der Waals surface area contributed by atoms with E-state index in [0.717, 1.165) is 34.8 Å². The molecule has 0 radical (unpaired) electrons. The van der Waals surface area contributed by atoms with Crippen LogP contribution in [0.4, 0.5) is 0 Å². The Hall–Kier alpha value is -3.00. The van der Waals surface area contributed by atoms with Gasteiger partial charge < -0.3 is 0 Å². The van der Waals surface area contributed by atoms with Gasteiger partial charge in [-0.3, -0.25) is 0 Å². The Morgan fingerprint density at radius 3 is 2.48 bits per heavy atom. The van der Waals surface area contributed by atoms with Gasteiger partial charge in [-0.25, -0.2) is 9.97 Å². The quantitative estimate of drug-likeness (QED) is 0.548. The second kappa shape index (κ2) is 7.71. The number of nitrogens with zero attached hydrogens (tertiary/aromatic N) is 2. The maximum Gasteiger partial charge on any atom is 0.160 e. The molecule has 1 aliphatic rings. The van der Waals surface area contributed by atoms with Crippen LogP contribution >= 0.6 is 0 Å². The average molecular weight is 352 g/mol. The highest BCUT2D eigenvalue weighted by Gasteiger charge is 2.20. The number of aryl methyl sites for hydroxylation is 1. The summed E-state index contributed by atoms with van der Waals surface area (Å²) in [5, 5.41) is 0. The lowest BCUT2D eigenvalue weighted by Gasteiger charge is -2.20. The third-order valence-electron chi connectivity index (χ3n) is 5.12. The van der Waals surface area contributed by atoms with Crippen molar-refractivity contribution in [3.05, 3.63) is 96.2 Å². The first-order valence-electron chi connectivity index (χ1n) is 9.55. The Morgan fingerprint density at radius 1 is 0.852 bits per heavy atom. The van der Waals surface area contributed by atoms with Crippen LogP contribution in [0.2, 0.25) is 0 Å². The van der Waals surface area contributed by atoms with E-state index in [1.54, 1.807) is 0 Å². The molecule has 0 fully saturated rings. The van der Waals surface area contributed by atoms with Crippen molar-refractivity contribution in [2.75, 3.05) is 0 Å². The van der Waals surface area contributed by atoms with Crippen molar-refractivity contribution in [2.45, 2.75) is 26.2 Å². The van der Waals surface area contributed by atoms with E-state index in [1.165, 1.54) is 5.56 Å². The molecule has 0 aliphatic heterocycles. The van der Waals surface area contributed by atoms with E-state index in [0.29, 0.717) is 5.92 Å². The average Bonchev–Trinajstić information content (AvgIpc) is 2.93. The fraction of sp³-hybridized carbons (Fsp3) is 0.200. The summed E-state index contributed by atoms with van der Waals surface area (Å²) >= 11 is 0. The molecule has 0 bridgehead atoms. The fourth-order valence-electron chi connectivity index (χ4n) is 3.59. The molecule has 4 rings (SSSR count). The van der Waals surface area contributed by atoms with Crippen molar-refractivity contribution in [1.29, 1.82) is 0 Å². The molecule has 2 nitrogen and oxygen atoms in total. The number of benzene rings is 2. The van der Waals surface area contributed by atoms with Crippen LogP contribution in [0.5, 0.6) is 0 Å². The van der Waals surface area contributed by atoms with Crippen molar-refractivity contribution >= 4 is 0 Å². The molecule has 1 unspecified atom stereocenters. The molecule has 0 spiro atoms.